The average Bonchev–Trinajstić information content (AvgIpc) is 1.62. The number of nitrogens with zero attached hydrogens (tertiary/aromatic N) is 14. The third-order valence-electron chi connectivity index (χ3n) is 21.4. The number of ether oxygens (including phenoxy) is 4. The van der Waals surface area contributed by atoms with Crippen molar-refractivity contribution < 1.29 is 37.4 Å². The van der Waals surface area contributed by atoms with E-state index < -0.39 is 32.6 Å². The number of hydrogen-bond acceptors (Lipinski definition) is 26. The van der Waals surface area contributed by atoms with Crippen LogP contribution in [0.3, 0.4) is 0 Å². The fourth-order valence-electron chi connectivity index (χ4n) is 14.2. The van der Waals surface area contributed by atoms with E-state index in [0.29, 0.717) is 79.4 Å². The van der Waals surface area contributed by atoms with E-state index in [4.69, 9.17) is 61.4 Å². The molecule has 0 bridgehead atoms. The van der Waals surface area contributed by atoms with Crippen LogP contribution in [-0.4, -0.2) is 238 Å². The molecule has 8 aromatic rings. The van der Waals surface area contributed by atoms with E-state index in [9.17, 15) is 9.13 Å². The van der Waals surface area contributed by atoms with Crippen LogP contribution in [0.1, 0.15) is 93.2 Å². The van der Waals surface area contributed by atoms with Crippen LogP contribution in [0.15, 0.2) is 102 Å². The molecule has 112 heavy (non-hydrogen) atoms. The summed E-state index contributed by atoms with van der Waals surface area (Å²) in [6.45, 7) is 32.7. The molecule has 5 saturated heterocycles. The zero-order chi connectivity index (χ0) is 78.8. The number of piperidine rings is 2. The van der Waals surface area contributed by atoms with Crippen molar-refractivity contribution in [3.8, 4) is 34.6 Å². The van der Waals surface area contributed by atoms with Crippen LogP contribution in [0.2, 0.25) is 10.0 Å². The van der Waals surface area contributed by atoms with Gasteiger partial charge in [-0.3, -0.25) is 9.80 Å². The van der Waals surface area contributed by atoms with Crippen LogP contribution >= 0.6 is 53.4 Å². The molecule has 0 saturated carbocycles. The molecule has 0 spiro atoms. The lowest BCUT2D eigenvalue weighted by molar-refractivity contribution is 0.00578. The lowest BCUT2D eigenvalue weighted by atomic mass is 9.79. The summed E-state index contributed by atoms with van der Waals surface area (Å²) in [5, 5.41) is 15.3. The van der Waals surface area contributed by atoms with Gasteiger partial charge in [-0.25, -0.2) is 29.9 Å². The van der Waals surface area contributed by atoms with Crippen molar-refractivity contribution in [1.29, 1.82) is 0 Å². The Morgan fingerprint density at radius 3 is 1.28 bits per heavy atom. The van der Waals surface area contributed by atoms with Gasteiger partial charge < -0.3 is 78.3 Å². The smallest absolute Gasteiger partial charge is 0.494 e. The zero-order valence-corrected chi connectivity index (χ0v) is 71.1. The van der Waals surface area contributed by atoms with Gasteiger partial charge in [-0.05, 0) is 181 Å². The summed E-state index contributed by atoms with van der Waals surface area (Å²) in [5.74, 6) is 2.91. The number of halogens is 3. The predicted octanol–water partition coefficient (Wildman–Crippen LogP) is 14.6. The van der Waals surface area contributed by atoms with Crippen molar-refractivity contribution in [3.63, 3.8) is 0 Å². The van der Waals surface area contributed by atoms with E-state index in [1.807, 2.05) is 64.1 Å². The molecular weight excluding hydrogens is 1560 g/mol. The van der Waals surface area contributed by atoms with Crippen LogP contribution < -0.4 is 66.1 Å². The first-order valence-electron chi connectivity index (χ1n) is 37.5. The Kier molecular flexibility index (Phi) is 30.6. The molecular formula is C80H114BBrCl2N18O8P2. The van der Waals surface area contributed by atoms with E-state index in [2.05, 4.69) is 149 Å². The summed E-state index contributed by atoms with van der Waals surface area (Å²) < 4.78 is 62.1. The molecule has 606 valence electrons. The summed E-state index contributed by atoms with van der Waals surface area (Å²) in [5.41, 5.74) is 9.15. The minimum atomic E-state index is -2.76. The lowest BCUT2D eigenvalue weighted by Gasteiger charge is -2.43. The lowest BCUT2D eigenvalue weighted by Crippen LogP contribution is -2.52. The van der Waals surface area contributed by atoms with E-state index in [0.717, 1.165) is 155 Å². The van der Waals surface area contributed by atoms with Gasteiger partial charge in [-0.1, -0.05) is 64.0 Å². The number of anilines is 10. The highest BCUT2D eigenvalue weighted by molar-refractivity contribution is 9.10. The number of likely N-dealkylation sites (N-methyl/N-ethyl adjacent to an activating group) is 2. The molecule has 5 aliphatic heterocycles. The van der Waals surface area contributed by atoms with E-state index in [1.54, 1.807) is 78.1 Å². The van der Waals surface area contributed by atoms with Crippen molar-refractivity contribution in [3.05, 3.63) is 123 Å². The molecule has 32 heteroatoms. The SMILES string of the molecule is C.C.CCc1cc(Nc2ncc(Cl)c(Nc3ccc(-c4cnc(OC)nc4)cc3P(C)(C)=O)n2)c(OC)cc1N1CCC(N2CCN(C)CC2)CC1.CCc1cc(Nc2ncc(Cl)c(Nc3ccc(B4OC(C)(C)C(C)(C)O4)cc3P(C)(C)=O)n2)c(OC)cc1N1CCC(N2CCN(C)CC2)CC1.COc1ncc(Br)cn1. The third-order valence-corrected chi connectivity index (χ3v) is 25.4. The highest BCUT2D eigenvalue weighted by Crippen LogP contribution is 2.45. The fraction of sp³-hybridized carbons (Fsp3) is 0.500. The molecule has 4 aromatic carbocycles. The Bertz CT molecular complexity index is 4540. The maximum Gasteiger partial charge on any atom is 0.494 e. The number of hydrogen-bond donors (Lipinski definition) is 4. The summed E-state index contributed by atoms with van der Waals surface area (Å²) in [6.07, 6.45) is 16.1. The second-order valence-electron chi connectivity index (χ2n) is 30.1. The Balaban J connectivity index is 0.000000227. The first-order chi connectivity index (χ1) is 52.5. The van der Waals surface area contributed by atoms with Crippen LogP contribution in [0, 0.1) is 0 Å². The summed E-state index contributed by atoms with van der Waals surface area (Å²) in [7, 11) is 4.77. The summed E-state index contributed by atoms with van der Waals surface area (Å²) in [6, 6.07) is 21.9. The maximum atomic E-state index is 13.6. The Hall–Kier alpha value is -7.46. The molecule has 5 aliphatic rings. The molecule has 0 radical (unpaired) electrons. The third kappa shape index (κ3) is 21.9. The van der Waals surface area contributed by atoms with Crippen molar-refractivity contribution in [2.24, 2.45) is 0 Å². The molecule has 26 nitrogen and oxygen atoms in total. The van der Waals surface area contributed by atoms with Gasteiger partial charge in [0.25, 0.3) is 0 Å². The van der Waals surface area contributed by atoms with Crippen LogP contribution in [0.25, 0.3) is 11.1 Å². The van der Waals surface area contributed by atoms with E-state index in [1.165, 1.54) is 36.7 Å². The van der Waals surface area contributed by atoms with E-state index in [-0.39, 0.29) is 20.9 Å². The zero-order valence-electron chi connectivity index (χ0n) is 66.3. The molecule has 0 amide bonds. The van der Waals surface area contributed by atoms with Gasteiger partial charge in [0.05, 0.1) is 79.3 Å². The van der Waals surface area contributed by atoms with Crippen molar-refractivity contribution in [2.75, 3.05) is 179 Å². The molecule has 4 N–H and O–H groups in total. The number of aromatic nitrogens is 8. The standard InChI is InChI=1S/C37H54BClN7O4P.C36H47ClN9O3P.C5H5BrN2O.2CH4/c1-10-25-21-30(32(48-7)23-31(25)46-15-13-27(14-16-46)45-19-17-44(6)18-20-45)42-35-40-24-28(39)34(43-35)41-29-12-11-26(22-33(29)51(8,9)47)38-49-36(2,3)37(4,5)50-38;1-7-24-18-30(32(48-3)20-31(24)46-12-10-27(11-13-46)45-16-14-44(2)15-17-45)42-35-38-23-28(37)34(43-35)41-29-9-8-25(19-33(29)50(5,6)47)26-21-39-36(49-4)40-22-26;1-9-5-7-2-4(6)3-8-5;;/h11-12,21-24,27H,10,13-20H2,1-9H3,(H2,40,41,42,43);8-9,18-23,27H,7,10-17H2,1-6H3,(H2,38,41,42,43);2-3H,1H3;2*1H4. The van der Waals surface area contributed by atoms with Gasteiger partial charge in [-0.15, -0.1) is 0 Å². The van der Waals surface area contributed by atoms with Gasteiger partial charge >= 0.3 is 19.1 Å². The van der Waals surface area contributed by atoms with Crippen molar-refractivity contribution >= 4 is 134 Å². The molecule has 0 atom stereocenters. The Labute approximate surface area is 682 Å². The quantitative estimate of drug-likeness (QED) is 0.0363. The highest BCUT2D eigenvalue weighted by Gasteiger charge is 2.52. The minimum Gasteiger partial charge on any atom is -0.494 e. The van der Waals surface area contributed by atoms with Crippen molar-refractivity contribution in [1.82, 2.24) is 59.5 Å². The first kappa shape index (κ1) is 88.5. The van der Waals surface area contributed by atoms with Crippen LogP contribution in [0.5, 0.6) is 23.5 Å². The van der Waals surface area contributed by atoms with Gasteiger partial charge in [0.1, 0.15) is 35.8 Å². The Morgan fingerprint density at radius 2 is 0.893 bits per heavy atom. The molecule has 4 aromatic heterocycles. The number of aryl methyl sites for hydroxylation is 2. The summed E-state index contributed by atoms with van der Waals surface area (Å²) >= 11 is 16.4. The highest BCUT2D eigenvalue weighted by atomic mass is 79.9. The molecule has 0 aliphatic carbocycles. The minimum absolute atomic E-state index is 0. The largest absolute Gasteiger partial charge is 0.494 e. The van der Waals surface area contributed by atoms with Crippen LogP contribution in [0.4, 0.5) is 57.7 Å². The van der Waals surface area contributed by atoms with Crippen molar-refractivity contribution in [2.45, 2.75) is 118 Å². The average molecular weight is 1680 g/mol. The number of methoxy groups -OCH3 is 4. The second kappa shape index (κ2) is 38.8. The number of benzene rings is 4. The fourth-order valence-corrected chi connectivity index (χ4v) is 17.0. The maximum absolute atomic E-state index is 13.6. The summed E-state index contributed by atoms with van der Waals surface area (Å²) in [4.78, 5) is 49.7. The number of rotatable bonds is 22. The topological polar surface area (TPSA) is 260 Å². The molecule has 0 unspecified atom stereocenters. The normalized spacial score (nSPS) is 17.2. The predicted molar refractivity (Wildman–Crippen MR) is 465 cm³/mol. The molecule has 5 fully saturated rings. The monoisotopic (exact) mass is 1680 g/mol. The van der Waals surface area contributed by atoms with E-state index >= 15 is 0 Å². The molecule has 13 rings (SSSR count). The second-order valence-corrected chi connectivity index (χ2v) is 38.2. The van der Waals surface area contributed by atoms with Crippen LogP contribution in [-0.2, 0) is 31.3 Å². The van der Waals surface area contributed by atoms with Gasteiger partial charge in [0.15, 0.2) is 11.6 Å². The number of nitrogens with one attached hydrogen (secondary N) is 4. The number of piperazine rings is 2. The molecule has 9 heterocycles. The first-order valence-corrected chi connectivity index (χ1v) is 44.2. The van der Waals surface area contributed by atoms with Gasteiger partial charge in [-0.2, -0.15) is 9.97 Å². The van der Waals surface area contributed by atoms with Gasteiger partial charge in [0, 0.05) is 155 Å². The van der Waals surface area contributed by atoms with Gasteiger partial charge in [0.2, 0.25) is 11.9 Å². The Morgan fingerprint density at radius 1 is 0.500 bits per heavy atom.